The molecule has 108 valence electrons. The number of benzene rings is 1. The van der Waals surface area contributed by atoms with Crippen molar-refractivity contribution in [3.63, 3.8) is 0 Å². The van der Waals surface area contributed by atoms with E-state index in [1.807, 2.05) is 6.08 Å². The monoisotopic (exact) mass is 271 g/mol. The van der Waals surface area contributed by atoms with Crippen molar-refractivity contribution < 1.29 is 0 Å². The van der Waals surface area contributed by atoms with Crippen molar-refractivity contribution in [2.45, 2.75) is 45.7 Å². The Morgan fingerprint density at radius 2 is 2.15 bits per heavy atom. The molecule has 0 saturated carbocycles. The van der Waals surface area contributed by atoms with Crippen LogP contribution in [0.25, 0.3) is 11.0 Å². The largest absolute Gasteiger partial charge is 0.328 e. The zero-order chi connectivity index (χ0) is 14.4. The van der Waals surface area contributed by atoms with E-state index in [2.05, 4.69) is 54.6 Å². The number of para-hydroxylation sites is 2. The Balaban J connectivity index is 2.24. The molecule has 0 bridgehead atoms. The maximum atomic E-state index is 4.80. The number of aromatic nitrogens is 2. The van der Waals surface area contributed by atoms with Gasteiger partial charge < -0.3 is 9.88 Å². The van der Waals surface area contributed by atoms with Gasteiger partial charge in [-0.15, -0.1) is 6.58 Å². The number of hydrogen-bond acceptors (Lipinski definition) is 2. The van der Waals surface area contributed by atoms with Gasteiger partial charge in [-0.1, -0.05) is 25.1 Å². The average molecular weight is 271 g/mol. The summed E-state index contributed by atoms with van der Waals surface area (Å²) in [5.74, 6) is 1.17. The minimum atomic E-state index is 0.426. The number of aryl methyl sites for hydroxylation is 1. The van der Waals surface area contributed by atoms with Crippen LogP contribution in [-0.2, 0) is 13.0 Å². The summed E-state index contributed by atoms with van der Waals surface area (Å²) in [6, 6.07) is 8.80. The molecule has 0 aliphatic carbocycles. The van der Waals surface area contributed by atoms with E-state index < -0.39 is 0 Å². The first-order valence-corrected chi connectivity index (χ1v) is 7.58. The lowest BCUT2D eigenvalue weighted by Gasteiger charge is -2.17. The van der Waals surface area contributed by atoms with Gasteiger partial charge in [-0.05, 0) is 38.4 Å². The molecule has 0 saturated heterocycles. The maximum absolute atomic E-state index is 4.80. The summed E-state index contributed by atoms with van der Waals surface area (Å²) < 4.78 is 2.32. The summed E-state index contributed by atoms with van der Waals surface area (Å²) in [5.41, 5.74) is 2.33. The van der Waals surface area contributed by atoms with Crippen molar-refractivity contribution in [3.05, 3.63) is 42.7 Å². The molecule has 0 spiro atoms. The van der Waals surface area contributed by atoms with Gasteiger partial charge in [0, 0.05) is 19.0 Å². The zero-order valence-corrected chi connectivity index (χ0v) is 12.6. The fourth-order valence-corrected chi connectivity index (χ4v) is 2.64. The van der Waals surface area contributed by atoms with Crippen molar-refractivity contribution in [1.29, 1.82) is 0 Å². The third kappa shape index (κ3) is 3.28. The molecule has 3 heteroatoms. The third-order valence-electron chi connectivity index (χ3n) is 3.61. The van der Waals surface area contributed by atoms with E-state index in [-0.39, 0.29) is 0 Å². The molecule has 0 radical (unpaired) electrons. The normalized spacial score (nSPS) is 12.7. The molecule has 2 rings (SSSR count). The Labute approximate surface area is 121 Å². The van der Waals surface area contributed by atoms with E-state index in [4.69, 9.17) is 4.98 Å². The van der Waals surface area contributed by atoms with Gasteiger partial charge in [-0.3, -0.25) is 0 Å². The Kier molecular flexibility index (Phi) is 5.36. The molecule has 1 aromatic carbocycles. The molecule has 3 nitrogen and oxygen atoms in total. The Morgan fingerprint density at radius 3 is 2.85 bits per heavy atom. The van der Waals surface area contributed by atoms with Crippen LogP contribution in [0.4, 0.5) is 0 Å². The Hall–Kier alpha value is -1.61. The molecule has 20 heavy (non-hydrogen) atoms. The van der Waals surface area contributed by atoms with E-state index in [0.29, 0.717) is 6.04 Å². The fraction of sp³-hybridized carbons (Fsp3) is 0.471. The number of fused-ring (bicyclic) bond motifs is 1. The highest BCUT2D eigenvalue weighted by Crippen LogP contribution is 2.17. The molecular formula is C17H25N3. The van der Waals surface area contributed by atoms with Gasteiger partial charge in [-0.2, -0.15) is 0 Å². The van der Waals surface area contributed by atoms with Gasteiger partial charge in [0.15, 0.2) is 0 Å². The summed E-state index contributed by atoms with van der Waals surface area (Å²) in [6.45, 7) is 10.3. The van der Waals surface area contributed by atoms with E-state index >= 15 is 0 Å². The second kappa shape index (κ2) is 7.25. The predicted octanol–water partition coefficient (Wildman–Crippen LogP) is 3.54. The second-order valence-corrected chi connectivity index (χ2v) is 5.14. The summed E-state index contributed by atoms with van der Waals surface area (Å²) in [7, 11) is 0. The second-order valence-electron chi connectivity index (χ2n) is 5.14. The molecule has 1 N–H and O–H groups in total. The van der Waals surface area contributed by atoms with Crippen LogP contribution >= 0.6 is 0 Å². The SMILES string of the molecule is C=CCC(Cc1nc2ccccc2n1CC)NCCC. The van der Waals surface area contributed by atoms with Crippen LogP contribution < -0.4 is 5.32 Å². The van der Waals surface area contributed by atoms with Crippen molar-refractivity contribution in [2.24, 2.45) is 0 Å². The zero-order valence-electron chi connectivity index (χ0n) is 12.6. The van der Waals surface area contributed by atoms with Crippen LogP contribution in [0.1, 0.15) is 32.5 Å². The highest BCUT2D eigenvalue weighted by molar-refractivity contribution is 5.75. The van der Waals surface area contributed by atoms with Crippen LogP contribution in [0.2, 0.25) is 0 Å². The summed E-state index contributed by atoms with van der Waals surface area (Å²) in [6.07, 6.45) is 5.07. The number of imidazole rings is 1. The van der Waals surface area contributed by atoms with Gasteiger partial charge >= 0.3 is 0 Å². The van der Waals surface area contributed by atoms with Gasteiger partial charge in [-0.25, -0.2) is 4.98 Å². The minimum absolute atomic E-state index is 0.426. The molecule has 0 fully saturated rings. The first-order chi connectivity index (χ1) is 9.80. The first-order valence-electron chi connectivity index (χ1n) is 7.58. The smallest absolute Gasteiger partial charge is 0.111 e. The molecule has 1 atom stereocenters. The number of rotatable bonds is 8. The van der Waals surface area contributed by atoms with Crippen LogP contribution in [0.15, 0.2) is 36.9 Å². The summed E-state index contributed by atoms with van der Waals surface area (Å²) in [4.78, 5) is 4.80. The molecule has 1 aromatic heterocycles. The van der Waals surface area contributed by atoms with Crippen molar-refractivity contribution >= 4 is 11.0 Å². The van der Waals surface area contributed by atoms with Crippen molar-refractivity contribution in [2.75, 3.05) is 6.54 Å². The van der Waals surface area contributed by atoms with Crippen molar-refractivity contribution in [3.8, 4) is 0 Å². The molecule has 2 aromatic rings. The third-order valence-corrected chi connectivity index (χ3v) is 3.61. The maximum Gasteiger partial charge on any atom is 0.111 e. The van der Waals surface area contributed by atoms with E-state index in [0.717, 1.165) is 37.9 Å². The molecule has 1 heterocycles. The van der Waals surface area contributed by atoms with Gasteiger partial charge in [0.25, 0.3) is 0 Å². The molecule has 1 unspecified atom stereocenters. The van der Waals surface area contributed by atoms with E-state index in [1.54, 1.807) is 0 Å². The lowest BCUT2D eigenvalue weighted by molar-refractivity contribution is 0.493. The highest BCUT2D eigenvalue weighted by Gasteiger charge is 2.14. The fourth-order valence-electron chi connectivity index (χ4n) is 2.64. The van der Waals surface area contributed by atoms with Gasteiger partial charge in [0.2, 0.25) is 0 Å². The predicted molar refractivity (Wildman–Crippen MR) is 86.0 cm³/mol. The topological polar surface area (TPSA) is 29.9 Å². The van der Waals surface area contributed by atoms with Crippen molar-refractivity contribution in [1.82, 2.24) is 14.9 Å². The minimum Gasteiger partial charge on any atom is -0.328 e. The van der Waals surface area contributed by atoms with Crippen LogP contribution in [-0.4, -0.2) is 22.1 Å². The van der Waals surface area contributed by atoms with E-state index in [9.17, 15) is 0 Å². The first kappa shape index (κ1) is 14.8. The highest BCUT2D eigenvalue weighted by atomic mass is 15.1. The Morgan fingerprint density at radius 1 is 1.35 bits per heavy atom. The van der Waals surface area contributed by atoms with Crippen LogP contribution in [0.5, 0.6) is 0 Å². The summed E-state index contributed by atoms with van der Waals surface area (Å²) >= 11 is 0. The Bertz CT molecular complexity index is 556. The van der Waals surface area contributed by atoms with Gasteiger partial charge in [0.05, 0.1) is 11.0 Å². The summed E-state index contributed by atoms with van der Waals surface area (Å²) in [5, 5.41) is 3.59. The number of nitrogens with one attached hydrogen (secondary N) is 1. The lowest BCUT2D eigenvalue weighted by atomic mass is 10.1. The molecular weight excluding hydrogens is 246 g/mol. The van der Waals surface area contributed by atoms with E-state index in [1.165, 1.54) is 11.3 Å². The quantitative estimate of drug-likeness (QED) is 0.744. The molecule has 0 amide bonds. The molecule has 0 aliphatic rings. The average Bonchev–Trinajstić information content (AvgIpc) is 2.82. The van der Waals surface area contributed by atoms with Crippen LogP contribution in [0.3, 0.4) is 0 Å². The lowest BCUT2D eigenvalue weighted by Crippen LogP contribution is -2.32. The number of hydrogen-bond donors (Lipinski definition) is 1. The standard InChI is InChI=1S/C17H25N3/c1-4-9-14(18-12-5-2)13-17-19-15-10-7-8-11-16(15)20(17)6-3/h4,7-8,10-11,14,18H,1,5-6,9,12-13H2,2-3H3. The van der Waals surface area contributed by atoms with Crippen LogP contribution in [0, 0.1) is 0 Å². The number of nitrogens with zero attached hydrogens (tertiary/aromatic N) is 2. The molecule has 0 aliphatic heterocycles. The van der Waals surface area contributed by atoms with Gasteiger partial charge in [0.1, 0.15) is 5.82 Å².